The van der Waals surface area contributed by atoms with E-state index in [1.807, 2.05) is 25.1 Å². The molecule has 1 aromatic carbocycles. The number of aryl methyl sites for hydroxylation is 1. The third-order valence-corrected chi connectivity index (χ3v) is 3.41. The van der Waals surface area contributed by atoms with Crippen molar-refractivity contribution >= 4 is 11.6 Å². The van der Waals surface area contributed by atoms with Gasteiger partial charge < -0.3 is 5.11 Å². The summed E-state index contributed by atoms with van der Waals surface area (Å²) < 4.78 is 0. The maximum absolute atomic E-state index is 9.94. The van der Waals surface area contributed by atoms with E-state index in [-0.39, 0.29) is 6.10 Å². The van der Waals surface area contributed by atoms with Crippen LogP contribution in [0.3, 0.4) is 0 Å². The summed E-state index contributed by atoms with van der Waals surface area (Å²) in [5, 5.41) is 10.7. The third-order valence-electron chi connectivity index (χ3n) is 3.06. The molecule has 1 unspecified atom stereocenters. The quantitative estimate of drug-likeness (QED) is 0.710. The van der Waals surface area contributed by atoms with Gasteiger partial charge in [-0.15, -0.1) is 0 Å². The normalized spacial score (nSPS) is 12.7. The molecule has 0 aromatic heterocycles. The summed E-state index contributed by atoms with van der Waals surface area (Å²) in [5.74, 6) is 0. The lowest BCUT2D eigenvalue weighted by Gasteiger charge is -2.12. The molecule has 0 saturated heterocycles. The number of benzene rings is 1. The van der Waals surface area contributed by atoms with Crippen LogP contribution in [-0.2, 0) is 6.42 Å². The van der Waals surface area contributed by atoms with E-state index in [4.69, 9.17) is 11.6 Å². The highest BCUT2D eigenvalue weighted by Crippen LogP contribution is 2.20. The van der Waals surface area contributed by atoms with Gasteiger partial charge in [-0.05, 0) is 37.0 Å². The smallest absolute Gasteiger partial charge is 0.0581 e. The SMILES string of the molecule is CCCCCCC(O)Cc1ccc(C)cc1Cl. The summed E-state index contributed by atoms with van der Waals surface area (Å²) in [7, 11) is 0. The number of aliphatic hydroxyl groups is 1. The highest BCUT2D eigenvalue weighted by atomic mass is 35.5. The topological polar surface area (TPSA) is 20.2 Å². The first-order valence-corrected chi connectivity index (χ1v) is 6.94. The zero-order valence-corrected chi connectivity index (χ0v) is 11.6. The van der Waals surface area contributed by atoms with Crippen molar-refractivity contribution in [2.75, 3.05) is 0 Å². The molecule has 0 radical (unpaired) electrons. The van der Waals surface area contributed by atoms with Gasteiger partial charge in [0.15, 0.2) is 0 Å². The van der Waals surface area contributed by atoms with Gasteiger partial charge in [-0.3, -0.25) is 0 Å². The first kappa shape index (κ1) is 14.5. The molecule has 0 aliphatic carbocycles. The average Bonchev–Trinajstić information content (AvgIpc) is 2.28. The minimum Gasteiger partial charge on any atom is -0.393 e. The summed E-state index contributed by atoms with van der Waals surface area (Å²) in [6, 6.07) is 6.03. The summed E-state index contributed by atoms with van der Waals surface area (Å²) in [6.45, 7) is 4.22. The van der Waals surface area contributed by atoms with Crippen LogP contribution >= 0.6 is 11.6 Å². The predicted molar refractivity (Wildman–Crippen MR) is 74.7 cm³/mol. The second-order valence-electron chi connectivity index (χ2n) is 4.80. The molecular formula is C15H23ClO. The third kappa shape index (κ3) is 5.56. The lowest BCUT2D eigenvalue weighted by molar-refractivity contribution is 0.161. The van der Waals surface area contributed by atoms with Gasteiger partial charge in [0.2, 0.25) is 0 Å². The molecule has 0 saturated carbocycles. The van der Waals surface area contributed by atoms with Crippen LogP contribution in [0.5, 0.6) is 0 Å². The molecule has 0 bridgehead atoms. The molecular weight excluding hydrogens is 232 g/mol. The van der Waals surface area contributed by atoms with Gasteiger partial charge >= 0.3 is 0 Å². The highest BCUT2D eigenvalue weighted by Gasteiger charge is 2.08. The fourth-order valence-electron chi connectivity index (χ4n) is 1.98. The molecule has 1 rings (SSSR count). The van der Waals surface area contributed by atoms with Crippen LogP contribution < -0.4 is 0 Å². The van der Waals surface area contributed by atoms with Crippen molar-refractivity contribution in [1.82, 2.24) is 0 Å². The lowest BCUT2D eigenvalue weighted by Crippen LogP contribution is -2.10. The van der Waals surface area contributed by atoms with Crippen LogP contribution in [-0.4, -0.2) is 11.2 Å². The van der Waals surface area contributed by atoms with Gasteiger partial charge in [0.1, 0.15) is 0 Å². The zero-order valence-electron chi connectivity index (χ0n) is 10.9. The minimum absolute atomic E-state index is 0.257. The van der Waals surface area contributed by atoms with E-state index in [2.05, 4.69) is 6.92 Å². The molecule has 0 aliphatic heterocycles. The number of unbranched alkanes of at least 4 members (excludes halogenated alkanes) is 3. The Morgan fingerprint density at radius 2 is 2.00 bits per heavy atom. The number of rotatable bonds is 7. The van der Waals surface area contributed by atoms with Gasteiger partial charge in [0, 0.05) is 5.02 Å². The molecule has 0 spiro atoms. The van der Waals surface area contributed by atoms with Crippen molar-refractivity contribution in [3.63, 3.8) is 0 Å². The molecule has 96 valence electrons. The van der Waals surface area contributed by atoms with Crippen LogP contribution in [0, 0.1) is 6.92 Å². The Morgan fingerprint density at radius 1 is 1.24 bits per heavy atom. The van der Waals surface area contributed by atoms with Crippen LogP contribution in [0.15, 0.2) is 18.2 Å². The van der Waals surface area contributed by atoms with Gasteiger partial charge in [0.05, 0.1) is 6.10 Å². The Kier molecular flexibility index (Phi) is 6.61. The van der Waals surface area contributed by atoms with E-state index in [0.29, 0.717) is 6.42 Å². The zero-order chi connectivity index (χ0) is 12.7. The average molecular weight is 255 g/mol. The summed E-state index contributed by atoms with van der Waals surface area (Å²) in [5.41, 5.74) is 2.22. The van der Waals surface area contributed by atoms with Crippen molar-refractivity contribution in [1.29, 1.82) is 0 Å². The van der Waals surface area contributed by atoms with Gasteiger partial charge in [-0.2, -0.15) is 0 Å². The molecule has 0 amide bonds. The molecule has 2 heteroatoms. The van der Waals surface area contributed by atoms with Gasteiger partial charge in [-0.25, -0.2) is 0 Å². The monoisotopic (exact) mass is 254 g/mol. The number of hydrogen-bond donors (Lipinski definition) is 1. The fraction of sp³-hybridized carbons (Fsp3) is 0.600. The molecule has 0 fully saturated rings. The second kappa shape index (κ2) is 7.73. The van der Waals surface area contributed by atoms with E-state index < -0.39 is 0 Å². The second-order valence-corrected chi connectivity index (χ2v) is 5.21. The molecule has 0 heterocycles. The Morgan fingerprint density at radius 3 is 2.65 bits per heavy atom. The van der Waals surface area contributed by atoms with Crippen molar-refractivity contribution in [3.05, 3.63) is 34.3 Å². The van der Waals surface area contributed by atoms with Crippen LogP contribution in [0.25, 0.3) is 0 Å². The molecule has 1 nitrogen and oxygen atoms in total. The number of hydrogen-bond acceptors (Lipinski definition) is 1. The maximum Gasteiger partial charge on any atom is 0.0581 e. The minimum atomic E-state index is -0.257. The van der Waals surface area contributed by atoms with Crippen LogP contribution in [0.4, 0.5) is 0 Å². The summed E-state index contributed by atoms with van der Waals surface area (Å²) in [6.07, 6.45) is 6.12. The first-order valence-electron chi connectivity index (χ1n) is 6.56. The number of aliphatic hydroxyl groups excluding tert-OH is 1. The molecule has 0 aliphatic rings. The molecule has 1 atom stereocenters. The van der Waals surface area contributed by atoms with Crippen molar-refractivity contribution < 1.29 is 5.11 Å². The van der Waals surface area contributed by atoms with Crippen molar-refractivity contribution in [3.8, 4) is 0 Å². The maximum atomic E-state index is 9.94. The molecule has 17 heavy (non-hydrogen) atoms. The van der Waals surface area contributed by atoms with E-state index in [0.717, 1.165) is 29.0 Å². The van der Waals surface area contributed by atoms with E-state index in [1.165, 1.54) is 19.3 Å². The fourth-order valence-corrected chi connectivity index (χ4v) is 2.29. The van der Waals surface area contributed by atoms with Gasteiger partial charge in [-0.1, -0.05) is 56.3 Å². The number of halogens is 1. The summed E-state index contributed by atoms with van der Waals surface area (Å²) in [4.78, 5) is 0. The van der Waals surface area contributed by atoms with Crippen LogP contribution in [0.1, 0.15) is 50.2 Å². The molecule has 1 aromatic rings. The van der Waals surface area contributed by atoms with Gasteiger partial charge in [0.25, 0.3) is 0 Å². The van der Waals surface area contributed by atoms with Crippen molar-refractivity contribution in [2.45, 2.75) is 58.5 Å². The Hall–Kier alpha value is -0.530. The predicted octanol–water partition coefficient (Wildman–Crippen LogP) is 4.52. The van der Waals surface area contributed by atoms with Crippen molar-refractivity contribution in [2.24, 2.45) is 0 Å². The van der Waals surface area contributed by atoms with Crippen LogP contribution in [0.2, 0.25) is 5.02 Å². The Bertz CT molecular complexity index is 336. The van der Waals surface area contributed by atoms with E-state index >= 15 is 0 Å². The lowest BCUT2D eigenvalue weighted by atomic mass is 10.0. The van der Waals surface area contributed by atoms with E-state index in [9.17, 15) is 5.11 Å². The summed E-state index contributed by atoms with van der Waals surface area (Å²) >= 11 is 6.15. The largest absolute Gasteiger partial charge is 0.393 e. The Labute approximate surface area is 110 Å². The highest BCUT2D eigenvalue weighted by molar-refractivity contribution is 6.31. The first-order chi connectivity index (χ1) is 8.13. The Balaban J connectivity index is 2.37. The van der Waals surface area contributed by atoms with E-state index in [1.54, 1.807) is 0 Å². The molecule has 1 N–H and O–H groups in total. The standard InChI is InChI=1S/C15H23ClO/c1-3-4-5-6-7-14(17)11-13-9-8-12(2)10-15(13)16/h8-10,14,17H,3-7,11H2,1-2H3.